The number of unbranched alkanes of at least 4 members (excludes halogenated alkanes) is 1. The van der Waals surface area contributed by atoms with E-state index in [9.17, 15) is 0 Å². The zero-order valence-corrected chi connectivity index (χ0v) is 5.98. The molecule has 0 aliphatic heterocycles. The van der Waals surface area contributed by atoms with Crippen LogP contribution in [0.4, 0.5) is 0 Å². The Kier molecular flexibility index (Phi) is 5.14. The summed E-state index contributed by atoms with van der Waals surface area (Å²) in [7, 11) is 0. The molecule has 0 saturated heterocycles. The van der Waals surface area contributed by atoms with Crippen LogP contribution in [-0.2, 0) is 0 Å². The molecule has 8 heavy (non-hydrogen) atoms. The summed E-state index contributed by atoms with van der Waals surface area (Å²) in [6.07, 6.45) is 5.93. The molecule has 2 radical (unpaired) electrons. The normalized spacial score (nSPS) is 16.9. The standard InChI is InChI=1S/C4H7.C4H9/c1-4-2-3-4;1-3-4-2/h2,4H,3H2,1H3;1,3-4H2,2H3. The Morgan fingerprint density at radius 1 is 1.75 bits per heavy atom. The lowest BCUT2D eigenvalue weighted by molar-refractivity contribution is 0.956. The van der Waals surface area contributed by atoms with E-state index < -0.39 is 0 Å². The van der Waals surface area contributed by atoms with E-state index in [2.05, 4.69) is 27.2 Å². The largest absolute Gasteiger partial charge is 0.0654 e. The fourth-order valence-corrected chi connectivity index (χ4v) is 0.136. The van der Waals surface area contributed by atoms with Crippen molar-refractivity contribution in [3.8, 4) is 0 Å². The van der Waals surface area contributed by atoms with Gasteiger partial charge in [-0.25, -0.2) is 0 Å². The molecule has 1 aliphatic carbocycles. The van der Waals surface area contributed by atoms with Gasteiger partial charge in [0.15, 0.2) is 0 Å². The minimum absolute atomic E-state index is 0.958. The first-order valence-corrected chi connectivity index (χ1v) is 3.43. The summed E-state index contributed by atoms with van der Waals surface area (Å²) >= 11 is 0. The first-order valence-electron chi connectivity index (χ1n) is 3.43. The molecule has 1 fully saturated rings. The fraction of sp³-hybridized carbons (Fsp3) is 0.750. The Morgan fingerprint density at radius 3 is 2.00 bits per heavy atom. The van der Waals surface area contributed by atoms with Crippen molar-refractivity contribution in [3.63, 3.8) is 0 Å². The van der Waals surface area contributed by atoms with Gasteiger partial charge in [-0.15, -0.1) is 0 Å². The average molecular weight is 112 g/mol. The highest BCUT2D eigenvalue weighted by atomic mass is 14.2. The van der Waals surface area contributed by atoms with Crippen LogP contribution in [0, 0.1) is 19.3 Å². The predicted octanol–water partition coefficient (Wildman–Crippen LogP) is 2.85. The van der Waals surface area contributed by atoms with Crippen molar-refractivity contribution in [2.45, 2.75) is 33.1 Å². The summed E-state index contributed by atoms with van der Waals surface area (Å²) in [5.74, 6) is 0.958. The van der Waals surface area contributed by atoms with E-state index in [4.69, 9.17) is 0 Å². The van der Waals surface area contributed by atoms with Crippen molar-refractivity contribution in [1.29, 1.82) is 0 Å². The first kappa shape index (κ1) is 8.00. The van der Waals surface area contributed by atoms with Gasteiger partial charge in [0.25, 0.3) is 0 Å². The lowest BCUT2D eigenvalue weighted by Gasteiger charge is -1.67. The van der Waals surface area contributed by atoms with Crippen LogP contribution >= 0.6 is 0 Å². The van der Waals surface area contributed by atoms with Crippen LogP contribution in [0.3, 0.4) is 0 Å². The van der Waals surface area contributed by atoms with Gasteiger partial charge in [0.05, 0.1) is 0 Å². The fourth-order valence-electron chi connectivity index (χ4n) is 0.136. The molecular formula is C8H16. The van der Waals surface area contributed by atoms with Crippen molar-refractivity contribution < 1.29 is 0 Å². The smallest absolute Gasteiger partial charge is 0.0355 e. The molecule has 0 bridgehead atoms. The second-order valence-electron chi connectivity index (χ2n) is 2.30. The molecule has 0 aromatic heterocycles. The van der Waals surface area contributed by atoms with Gasteiger partial charge in [0, 0.05) is 0 Å². The molecule has 0 N–H and O–H groups in total. The third-order valence-corrected chi connectivity index (χ3v) is 1.06. The second kappa shape index (κ2) is 5.14. The molecule has 0 heterocycles. The Bertz CT molecular complexity index is 33.3. The Labute approximate surface area is 53.3 Å². The van der Waals surface area contributed by atoms with E-state index in [1.807, 2.05) is 0 Å². The van der Waals surface area contributed by atoms with Gasteiger partial charge < -0.3 is 0 Å². The molecule has 1 unspecified atom stereocenters. The van der Waals surface area contributed by atoms with Crippen LogP contribution in [0.1, 0.15) is 33.1 Å². The summed E-state index contributed by atoms with van der Waals surface area (Å²) in [4.78, 5) is 0. The van der Waals surface area contributed by atoms with E-state index in [1.54, 1.807) is 0 Å². The summed E-state index contributed by atoms with van der Waals surface area (Å²) in [6.45, 7) is 7.94. The third kappa shape index (κ3) is 9.38. The molecule has 0 aromatic carbocycles. The van der Waals surface area contributed by atoms with Crippen molar-refractivity contribution in [2.24, 2.45) is 5.92 Å². The number of hydrogen-bond donors (Lipinski definition) is 0. The maximum absolute atomic E-state index is 3.60. The minimum Gasteiger partial charge on any atom is -0.0654 e. The van der Waals surface area contributed by atoms with Crippen LogP contribution in [0.2, 0.25) is 0 Å². The summed E-state index contributed by atoms with van der Waals surface area (Å²) in [5, 5.41) is 0. The zero-order valence-electron chi connectivity index (χ0n) is 5.98. The van der Waals surface area contributed by atoms with Gasteiger partial charge in [0.2, 0.25) is 0 Å². The maximum atomic E-state index is 3.60. The van der Waals surface area contributed by atoms with Crippen LogP contribution in [-0.4, -0.2) is 0 Å². The van der Waals surface area contributed by atoms with Crippen molar-refractivity contribution in [1.82, 2.24) is 0 Å². The number of rotatable bonds is 1. The molecular weight excluding hydrogens is 96.1 g/mol. The highest BCUT2D eigenvalue weighted by Crippen LogP contribution is 2.24. The van der Waals surface area contributed by atoms with Crippen LogP contribution in [0.15, 0.2) is 0 Å². The summed E-state index contributed by atoms with van der Waals surface area (Å²) < 4.78 is 0. The Morgan fingerprint density at radius 2 is 2.00 bits per heavy atom. The van der Waals surface area contributed by atoms with Gasteiger partial charge >= 0.3 is 0 Å². The van der Waals surface area contributed by atoms with E-state index in [1.165, 1.54) is 12.8 Å². The monoisotopic (exact) mass is 112 g/mol. The minimum atomic E-state index is 0.958. The SMILES string of the molecule is CC1[CH]C1.[CH2]CCC. The van der Waals surface area contributed by atoms with Gasteiger partial charge in [-0.05, 0) is 18.8 Å². The Balaban J connectivity index is 0.000000122. The molecule has 0 spiro atoms. The number of hydrogen-bond acceptors (Lipinski definition) is 0. The van der Waals surface area contributed by atoms with Gasteiger partial charge in [-0.1, -0.05) is 33.6 Å². The summed E-state index contributed by atoms with van der Waals surface area (Å²) in [5.41, 5.74) is 0. The zero-order chi connectivity index (χ0) is 6.41. The van der Waals surface area contributed by atoms with Crippen LogP contribution in [0.5, 0.6) is 0 Å². The molecule has 1 rings (SSSR count). The molecule has 0 amide bonds. The van der Waals surface area contributed by atoms with Gasteiger partial charge in [-0.2, -0.15) is 0 Å². The van der Waals surface area contributed by atoms with E-state index in [-0.39, 0.29) is 0 Å². The third-order valence-electron chi connectivity index (χ3n) is 1.06. The molecule has 0 aromatic rings. The van der Waals surface area contributed by atoms with Crippen molar-refractivity contribution in [2.75, 3.05) is 0 Å². The van der Waals surface area contributed by atoms with E-state index >= 15 is 0 Å². The highest BCUT2D eigenvalue weighted by Gasteiger charge is 2.13. The quantitative estimate of drug-likeness (QED) is 0.489. The Hall–Kier alpha value is 0. The maximum Gasteiger partial charge on any atom is -0.0355 e. The topological polar surface area (TPSA) is 0 Å². The molecule has 0 heteroatoms. The predicted molar refractivity (Wildman–Crippen MR) is 38.3 cm³/mol. The molecule has 0 nitrogen and oxygen atoms in total. The lowest BCUT2D eigenvalue weighted by atomic mass is 10.4. The highest BCUT2D eigenvalue weighted by molar-refractivity contribution is 4.90. The van der Waals surface area contributed by atoms with Crippen LogP contribution < -0.4 is 0 Å². The lowest BCUT2D eigenvalue weighted by Crippen LogP contribution is -1.48. The molecule has 1 atom stereocenters. The molecule has 48 valence electrons. The molecule has 1 aliphatic rings. The van der Waals surface area contributed by atoms with Crippen molar-refractivity contribution >= 4 is 0 Å². The van der Waals surface area contributed by atoms with Crippen LogP contribution in [0.25, 0.3) is 0 Å². The van der Waals surface area contributed by atoms with E-state index in [0.29, 0.717) is 0 Å². The molecule has 1 saturated carbocycles. The summed E-state index contributed by atoms with van der Waals surface area (Å²) in [6, 6.07) is 0. The first-order chi connectivity index (χ1) is 3.81. The van der Waals surface area contributed by atoms with Gasteiger partial charge in [0.1, 0.15) is 0 Å². The van der Waals surface area contributed by atoms with Crippen molar-refractivity contribution in [3.05, 3.63) is 13.3 Å². The van der Waals surface area contributed by atoms with Gasteiger partial charge in [-0.3, -0.25) is 0 Å². The second-order valence-corrected chi connectivity index (χ2v) is 2.30. The average Bonchev–Trinajstić information content (AvgIpc) is 2.52. The van der Waals surface area contributed by atoms with E-state index in [0.717, 1.165) is 12.3 Å².